The number of rotatable bonds is 9. The minimum atomic E-state index is -0.526. The SMILES string of the molecule is CCn1c(SCC(=O)Nc2scc(-c3ccc(OC)cc3)c2C(=O)OC)nnc1-c1cccc(Cl)c1. The van der Waals surface area contributed by atoms with Gasteiger partial charge in [0.25, 0.3) is 0 Å². The zero-order valence-electron chi connectivity index (χ0n) is 19.8. The molecule has 0 radical (unpaired) electrons. The normalized spacial score (nSPS) is 10.8. The number of benzene rings is 2. The molecule has 36 heavy (non-hydrogen) atoms. The van der Waals surface area contributed by atoms with Gasteiger partial charge < -0.3 is 19.4 Å². The summed E-state index contributed by atoms with van der Waals surface area (Å²) in [5.41, 5.74) is 2.65. The van der Waals surface area contributed by atoms with Gasteiger partial charge in [-0.25, -0.2) is 4.79 Å². The third-order valence-corrected chi connectivity index (χ3v) is 7.38. The Hall–Kier alpha value is -3.34. The predicted octanol–water partition coefficient (Wildman–Crippen LogP) is 5.87. The van der Waals surface area contributed by atoms with Crippen LogP contribution < -0.4 is 10.1 Å². The third kappa shape index (κ3) is 5.56. The number of hydrogen-bond acceptors (Lipinski definition) is 8. The van der Waals surface area contributed by atoms with Gasteiger partial charge in [0.2, 0.25) is 5.91 Å². The van der Waals surface area contributed by atoms with E-state index in [1.54, 1.807) is 13.2 Å². The van der Waals surface area contributed by atoms with Crippen molar-refractivity contribution in [2.24, 2.45) is 0 Å². The van der Waals surface area contributed by atoms with Crippen LogP contribution >= 0.6 is 34.7 Å². The number of anilines is 1. The van der Waals surface area contributed by atoms with Crippen LogP contribution in [0.1, 0.15) is 17.3 Å². The van der Waals surface area contributed by atoms with Crippen LogP contribution in [0.25, 0.3) is 22.5 Å². The van der Waals surface area contributed by atoms with Crippen LogP contribution in [0.15, 0.2) is 59.1 Å². The number of carbonyl (C=O) groups is 2. The van der Waals surface area contributed by atoms with E-state index in [9.17, 15) is 9.59 Å². The molecule has 0 aliphatic carbocycles. The number of amides is 1. The molecular weight excluding hydrogens is 520 g/mol. The number of esters is 1. The number of thioether (sulfide) groups is 1. The number of thiophene rings is 1. The zero-order chi connectivity index (χ0) is 25.7. The second-order valence-corrected chi connectivity index (χ2v) is 9.73. The number of aromatic nitrogens is 3. The molecule has 0 aliphatic rings. The van der Waals surface area contributed by atoms with E-state index in [0.29, 0.717) is 44.4 Å². The molecule has 0 saturated carbocycles. The standard InChI is InChI=1S/C25H23ClN4O4S2/c1-4-30-22(16-6-5-7-17(26)12-16)28-29-25(30)36-14-20(31)27-23-21(24(32)34-3)19(13-35-23)15-8-10-18(33-2)11-9-15/h5-13H,4,14H2,1-3H3,(H,27,31). The maximum Gasteiger partial charge on any atom is 0.341 e. The second kappa shape index (κ2) is 11.6. The van der Waals surface area contributed by atoms with Crippen molar-refractivity contribution in [2.75, 3.05) is 25.3 Å². The number of nitrogens with one attached hydrogen (secondary N) is 1. The zero-order valence-corrected chi connectivity index (χ0v) is 22.2. The molecule has 0 unspecified atom stereocenters. The van der Waals surface area contributed by atoms with Crippen molar-refractivity contribution in [1.82, 2.24) is 14.8 Å². The molecule has 0 aliphatic heterocycles. The Morgan fingerprint density at radius 3 is 2.56 bits per heavy atom. The molecule has 11 heteroatoms. The van der Waals surface area contributed by atoms with Gasteiger partial charge in [-0.3, -0.25) is 4.79 Å². The van der Waals surface area contributed by atoms with Crippen LogP contribution in [-0.2, 0) is 16.1 Å². The first-order valence-electron chi connectivity index (χ1n) is 10.9. The second-order valence-electron chi connectivity index (χ2n) is 7.47. The Kier molecular flexibility index (Phi) is 8.29. The summed E-state index contributed by atoms with van der Waals surface area (Å²) in [6.07, 6.45) is 0. The molecule has 0 atom stereocenters. The van der Waals surface area contributed by atoms with Crippen molar-refractivity contribution < 1.29 is 19.1 Å². The average molecular weight is 543 g/mol. The van der Waals surface area contributed by atoms with E-state index in [4.69, 9.17) is 21.1 Å². The lowest BCUT2D eigenvalue weighted by atomic mass is 10.0. The van der Waals surface area contributed by atoms with E-state index >= 15 is 0 Å². The summed E-state index contributed by atoms with van der Waals surface area (Å²) in [4.78, 5) is 25.4. The molecule has 0 spiro atoms. The molecule has 2 heterocycles. The van der Waals surface area contributed by atoms with E-state index in [1.807, 2.05) is 59.3 Å². The van der Waals surface area contributed by atoms with Crippen molar-refractivity contribution in [2.45, 2.75) is 18.6 Å². The Bertz CT molecular complexity index is 1390. The number of carbonyl (C=O) groups excluding carboxylic acids is 2. The Labute approximate surface area is 221 Å². The van der Waals surface area contributed by atoms with Crippen LogP contribution in [0, 0.1) is 0 Å². The number of halogens is 1. The first kappa shape index (κ1) is 25.7. The first-order valence-corrected chi connectivity index (χ1v) is 13.2. The molecule has 2 aromatic heterocycles. The van der Waals surface area contributed by atoms with Gasteiger partial charge in [0.05, 0.1) is 20.0 Å². The summed E-state index contributed by atoms with van der Waals surface area (Å²) in [6, 6.07) is 14.7. The van der Waals surface area contributed by atoms with Gasteiger partial charge in [0.15, 0.2) is 11.0 Å². The maximum absolute atomic E-state index is 12.8. The highest BCUT2D eigenvalue weighted by molar-refractivity contribution is 7.99. The van der Waals surface area contributed by atoms with Gasteiger partial charge in [-0.1, -0.05) is 47.6 Å². The fourth-order valence-corrected chi connectivity index (χ4v) is 5.52. The summed E-state index contributed by atoms with van der Waals surface area (Å²) in [6.45, 7) is 2.61. The van der Waals surface area contributed by atoms with Crippen LogP contribution in [0.4, 0.5) is 5.00 Å². The molecule has 8 nitrogen and oxygen atoms in total. The maximum atomic E-state index is 12.8. The summed E-state index contributed by atoms with van der Waals surface area (Å²) >= 11 is 8.65. The molecule has 4 rings (SSSR count). The Morgan fingerprint density at radius 2 is 1.89 bits per heavy atom. The van der Waals surface area contributed by atoms with Gasteiger partial charge in [0, 0.05) is 28.1 Å². The smallest absolute Gasteiger partial charge is 0.341 e. The fourth-order valence-electron chi connectivity index (χ4n) is 3.55. The lowest BCUT2D eigenvalue weighted by Gasteiger charge is -2.09. The number of methoxy groups -OCH3 is 2. The van der Waals surface area contributed by atoms with Crippen LogP contribution in [0.2, 0.25) is 5.02 Å². The molecular formula is C25H23ClN4O4S2. The Morgan fingerprint density at radius 1 is 1.11 bits per heavy atom. The fraction of sp³-hybridized carbons (Fsp3) is 0.200. The lowest BCUT2D eigenvalue weighted by molar-refractivity contribution is -0.113. The van der Waals surface area contributed by atoms with E-state index in [0.717, 1.165) is 11.1 Å². The highest BCUT2D eigenvalue weighted by atomic mass is 35.5. The number of hydrogen-bond donors (Lipinski definition) is 1. The molecule has 0 bridgehead atoms. The van der Waals surface area contributed by atoms with Crippen LogP contribution in [0.5, 0.6) is 5.75 Å². The molecule has 2 aromatic carbocycles. The number of ether oxygens (including phenoxy) is 2. The largest absolute Gasteiger partial charge is 0.497 e. The quantitative estimate of drug-likeness (QED) is 0.208. The summed E-state index contributed by atoms with van der Waals surface area (Å²) in [5, 5.41) is 14.9. The minimum absolute atomic E-state index is 0.0874. The highest BCUT2D eigenvalue weighted by Crippen LogP contribution is 2.37. The summed E-state index contributed by atoms with van der Waals surface area (Å²) in [5.74, 6) is 0.672. The van der Waals surface area contributed by atoms with Crippen LogP contribution in [-0.4, -0.2) is 46.6 Å². The van der Waals surface area contributed by atoms with Gasteiger partial charge in [-0.2, -0.15) is 0 Å². The molecule has 0 saturated heterocycles. The van der Waals surface area contributed by atoms with E-state index in [-0.39, 0.29) is 11.7 Å². The minimum Gasteiger partial charge on any atom is -0.497 e. The average Bonchev–Trinajstić information content (AvgIpc) is 3.51. The summed E-state index contributed by atoms with van der Waals surface area (Å²) < 4.78 is 12.1. The monoisotopic (exact) mass is 542 g/mol. The van der Waals surface area contributed by atoms with Crippen molar-refractivity contribution in [3.05, 3.63) is 64.5 Å². The third-order valence-electron chi connectivity index (χ3n) is 5.28. The molecule has 1 N–H and O–H groups in total. The molecule has 0 fully saturated rings. The van der Waals surface area contributed by atoms with Gasteiger partial charge in [0.1, 0.15) is 16.3 Å². The summed E-state index contributed by atoms with van der Waals surface area (Å²) in [7, 11) is 2.90. The van der Waals surface area contributed by atoms with Gasteiger partial charge in [-0.05, 0) is 36.8 Å². The molecule has 186 valence electrons. The van der Waals surface area contributed by atoms with Crippen molar-refractivity contribution in [1.29, 1.82) is 0 Å². The highest BCUT2D eigenvalue weighted by Gasteiger charge is 2.23. The van der Waals surface area contributed by atoms with E-state index in [2.05, 4.69) is 15.5 Å². The van der Waals surface area contributed by atoms with Crippen molar-refractivity contribution in [3.63, 3.8) is 0 Å². The molecule has 1 amide bonds. The van der Waals surface area contributed by atoms with E-state index < -0.39 is 5.97 Å². The predicted molar refractivity (Wildman–Crippen MR) is 143 cm³/mol. The van der Waals surface area contributed by atoms with Crippen LogP contribution in [0.3, 0.4) is 0 Å². The first-order chi connectivity index (χ1) is 17.4. The van der Waals surface area contributed by atoms with Gasteiger partial charge in [-0.15, -0.1) is 21.5 Å². The topological polar surface area (TPSA) is 95.3 Å². The van der Waals surface area contributed by atoms with Crippen molar-refractivity contribution in [3.8, 4) is 28.3 Å². The van der Waals surface area contributed by atoms with Gasteiger partial charge >= 0.3 is 5.97 Å². The van der Waals surface area contributed by atoms with Crippen molar-refractivity contribution >= 4 is 51.6 Å². The van der Waals surface area contributed by atoms with E-state index in [1.165, 1.54) is 30.2 Å². The number of nitrogens with zero attached hydrogens (tertiary/aromatic N) is 3. The lowest BCUT2D eigenvalue weighted by Crippen LogP contribution is -2.16. The molecule has 4 aromatic rings. The Balaban J connectivity index is 1.50.